The van der Waals surface area contributed by atoms with Crippen LogP contribution in [0.25, 0.3) is 6.08 Å². The smallest absolute Gasteiger partial charge is 0.264 e. The van der Waals surface area contributed by atoms with E-state index in [1.807, 2.05) is 44.2 Å². The molecule has 6 heteroatoms. The number of carbonyl (C=O) groups is 1. The highest BCUT2D eigenvalue weighted by atomic mass is 32.2. The number of hydrogen-bond acceptors (Lipinski definition) is 5. The summed E-state index contributed by atoms with van der Waals surface area (Å²) < 4.78 is 5.87. The van der Waals surface area contributed by atoms with Gasteiger partial charge in [-0.05, 0) is 74.0 Å². The third-order valence-corrected chi connectivity index (χ3v) is 6.40. The molecule has 0 spiro atoms. The van der Waals surface area contributed by atoms with E-state index >= 15 is 0 Å². The SMILES string of the molecule is Cc1ccc(Sc2ccc(/C=C3\SC(=Nc4cccc(C)c4C)NC3=O)o2)cc1. The van der Waals surface area contributed by atoms with Crippen LogP contribution >= 0.6 is 23.5 Å². The molecule has 1 saturated heterocycles. The van der Waals surface area contributed by atoms with E-state index in [2.05, 4.69) is 41.5 Å². The number of thioether (sulfide) groups is 1. The predicted molar refractivity (Wildman–Crippen MR) is 121 cm³/mol. The first kappa shape index (κ1) is 19.6. The summed E-state index contributed by atoms with van der Waals surface area (Å²) >= 11 is 2.88. The molecule has 1 N–H and O–H groups in total. The van der Waals surface area contributed by atoms with Crippen molar-refractivity contribution >= 4 is 46.4 Å². The molecule has 1 aliphatic heterocycles. The van der Waals surface area contributed by atoms with E-state index in [9.17, 15) is 4.79 Å². The lowest BCUT2D eigenvalue weighted by Gasteiger charge is -2.04. The van der Waals surface area contributed by atoms with Gasteiger partial charge in [0, 0.05) is 11.0 Å². The molecule has 0 saturated carbocycles. The van der Waals surface area contributed by atoms with Gasteiger partial charge in [0.2, 0.25) is 0 Å². The number of carbonyl (C=O) groups excluding carboxylic acids is 1. The maximum absolute atomic E-state index is 12.3. The number of furan rings is 1. The minimum absolute atomic E-state index is 0.164. The van der Waals surface area contributed by atoms with E-state index in [0.717, 1.165) is 21.2 Å². The summed E-state index contributed by atoms with van der Waals surface area (Å²) in [4.78, 5) is 18.6. The van der Waals surface area contributed by atoms with Crippen LogP contribution < -0.4 is 5.32 Å². The molecule has 0 bridgehead atoms. The number of aliphatic imine (C=N–C) groups is 1. The fraction of sp³-hybridized carbons (Fsp3) is 0.130. The topological polar surface area (TPSA) is 54.6 Å². The second kappa shape index (κ2) is 8.35. The summed E-state index contributed by atoms with van der Waals surface area (Å²) in [5.41, 5.74) is 4.37. The van der Waals surface area contributed by atoms with Gasteiger partial charge in [-0.15, -0.1) is 0 Å². The van der Waals surface area contributed by atoms with E-state index in [1.54, 1.807) is 17.8 Å². The number of rotatable bonds is 4. The Morgan fingerprint density at radius 2 is 1.83 bits per heavy atom. The second-order valence-corrected chi connectivity index (χ2v) is 8.88. The normalized spacial score (nSPS) is 16.6. The molecule has 146 valence electrons. The minimum Gasteiger partial charge on any atom is -0.450 e. The summed E-state index contributed by atoms with van der Waals surface area (Å²) in [6.07, 6.45) is 1.75. The van der Waals surface area contributed by atoms with Gasteiger partial charge in [-0.2, -0.15) is 0 Å². The van der Waals surface area contributed by atoms with Gasteiger partial charge < -0.3 is 9.73 Å². The molecule has 4 nitrogen and oxygen atoms in total. The first-order valence-electron chi connectivity index (χ1n) is 9.18. The van der Waals surface area contributed by atoms with Crippen molar-refractivity contribution in [3.8, 4) is 0 Å². The molecule has 1 aromatic heterocycles. The van der Waals surface area contributed by atoms with Crippen molar-refractivity contribution in [2.45, 2.75) is 30.8 Å². The number of aryl methyl sites for hydroxylation is 2. The quantitative estimate of drug-likeness (QED) is 0.507. The minimum atomic E-state index is -0.164. The lowest BCUT2D eigenvalue weighted by Crippen LogP contribution is -2.19. The fourth-order valence-electron chi connectivity index (χ4n) is 2.77. The van der Waals surface area contributed by atoms with Crippen LogP contribution in [-0.4, -0.2) is 11.1 Å². The van der Waals surface area contributed by atoms with Gasteiger partial charge in [0.1, 0.15) is 5.76 Å². The molecule has 3 aromatic rings. The van der Waals surface area contributed by atoms with Crippen molar-refractivity contribution < 1.29 is 9.21 Å². The van der Waals surface area contributed by atoms with Crippen LogP contribution in [0.5, 0.6) is 0 Å². The van der Waals surface area contributed by atoms with Gasteiger partial charge in [0.05, 0.1) is 10.6 Å². The third kappa shape index (κ3) is 4.66. The summed E-state index contributed by atoms with van der Waals surface area (Å²) in [5, 5.41) is 4.20. The highest BCUT2D eigenvalue weighted by Gasteiger charge is 2.24. The number of nitrogens with one attached hydrogen (secondary N) is 1. The molecule has 4 rings (SSSR count). The molecule has 2 heterocycles. The van der Waals surface area contributed by atoms with Crippen molar-refractivity contribution in [3.05, 3.63) is 82.0 Å². The molecule has 2 aromatic carbocycles. The lowest BCUT2D eigenvalue weighted by molar-refractivity contribution is -0.115. The molecule has 1 aliphatic rings. The highest BCUT2D eigenvalue weighted by molar-refractivity contribution is 8.18. The standard InChI is InChI=1S/C23H20N2O2S2/c1-14-7-10-18(11-8-14)28-21-12-9-17(27-21)13-20-22(26)25-23(29-20)24-19-6-4-5-15(2)16(19)3/h4-13H,1-3H3,(H,24,25,26)/b20-13-. The molecule has 1 amide bonds. The Morgan fingerprint density at radius 1 is 1.03 bits per heavy atom. The number of benzene rings is 2. The van der Waals surface area contributed by atoms with E-state index in [0.29, 0.717) is 15.8 Å². The first-order valence-corrected chi connectivity index (χ1v) is 10.8. The van der Waals surface area contributed by atoms with Crippen LogP contribution in [0.3, 0.4) is 0 Å². The average molecular weight is 421 g/mol. The number of amides is 1. The van der Waals surface area contributed by atoms with E-state index in [4.69, 9.17) is 4.42 Å². The summed E-state index contributed by atoms with van der Waals surface area (Å²) in [5.74, 6) is 0.480. The van der Waals surface area contributed by atoms with Gasteiger partial charge in [0.25, 0.3) is 5.91 Å². The zero-order valence-corrected chi connectivity index (χ0v) is 18.0. The van der Waals surface area contributed by atoms with Crippen LogP contribution in [0.2, 0.25) is 0 Å². The maximum atomic E-state index is 12.3. The van der Waals surface area contributed by atoms with Gasteiger partial charge in [0.15, 0.2) is 10.3 Å². The Morgan fingerprint density at radius 3 is 2.62 bits per heavy atom. The largest absolute Gasteiger partial charge is 0.450 e. The van der Waals surface area contributed by atoms with Crippen molar-refractivity contribution in [3.63, 3.8) is 0 Å². The van der Waals surface area contributed by atoms with Gasteiger partial charge in [-0.3, -0.25) is 4.79 Å². The van der Waals surface area contributed by atoms with E-state index in [-0.39, 0.29) is 5.91 Å². The zero-order valence-electron chi connectivity index (χ0n) is 16.4. The number of hydrogen-bond donors (Lipinski definition) is 1. The Kier molecular flexibility index (Phi) is 5.65. The molecule has 0 unspecified atom stereocenters. The highest BCUT2D eigenvalue weighted by Crippen LogP contribution is 2.33. The fourth-order valence-corrected chi connectivity index (χ4v) is 4.36. The molecule has 0 radical (unpaired) electrons. The van der Waals surface area contributed by atoms with Gasteiger partial charge in [-0.25, -0.2) is 4.99 Å². The van der Waals surface area contributed by atoms with Crippen LogP contribution in [-0.2, 0) is 4.79 Å². The summed E-state index contributed by atoms with van der Waals surface area (Å²) in [6.45, 7) is 6.14. The van der Waals surface area contributed by atoms with Gasteiger partial charge in [-0.1, -0.05) is 41.6 Å². The third-order valence-electron chi connectivity index (χ3n) is 4.56. The Labute approximate surface area is 178 Å². The van der Waals surface area contributed by atoms with Crippen LogP contribution in [0.1, 0.15) is 22.5 Å². The Hall–Kier alpha value is -2.70. The molecular weight excluding hydrogens is 400 g/mol. The molecular formula is C23H20N2O2S2. The monoisotopic (exact) mass is 420 g/mol. The molecule has 29 heavy (non-hydrogen) atoms. The van der Waals surface area contributed by atoms with Crippen LogP contribution in [0, 0.1) is 20.8 Å². The van der Waals surface area contributed by atoms with E-state index in [1.165, 1.54) is 22.9 Å². The van der Waals surface area contributed by atoms with Gasteiger partial charge >= 0.3 is 0 Å². The van der Waals surface area contributed by atoms with Crippen molar-refractivity contribution in [1.29, 1.82) is 0 Å². The van der Waals surface area contributed by atoms with E-state index < -0.39 is 0 Å². The van der Waals surface area contributed by atoms with Crippen molar-refractivity contribution in [2.24, 2.45) is 4.99 Å². The molecule has 0 aliphatic carbocycles. The number of amidine groups is 1. The molecule has 1 fully saturated rings. The predicted octanol–water partition coefficient (Wildman–Crippen LogP) is 6.25. The van der Waals surface area contributed by atoms with Crippen molar-refractivity contribution in [2.75, 3.05) is 0 Å². The maximum Gasteiger partial charge on any atom is 0.264 e. The Bertz CT molecular complexity index is 1130. The summed E-state index contributed by atoms with van der Waals surface area (Å²) in [7, 11) is 0. The number of nitrogens with zero attached hydrogens (tertiary/aromatic N) is 1. The Balaban J connectivity index is 1.49. The second-order valence-electron chi connectivity index (χ2n) is 6.77. The van der Waals surface area contributed by atoms with Crippen LogP contribution in [0.15, 0.2) is 78.9 Å². The zero-order chi connectivity index (χ0) is 20.4. The van der Waals surface area contributed by atoms with Crippen LogP contribution in [0.4, 0.5) is 5.69 Å². The lowest BCUT2D eigenvalue weighted by atomic mass is 10.1. The first-order chi connectivity index (χ1) is 14.0. The molecule has 0 atom stereocenters. The summed E-state index contributed by atoms with van der Waals surface area (Å²) in [6, 6.07) is 18.0. The van der Waals surface area contributed by atoms with Crippen molar-refractivity contribution in [1.82, 2.24) is 5.32 Å². The average Bonchev–Trinajstić information content (AvgIpc) is 3.27.